The highest BCUT2D eigenvalue weighted by atomic mass is 16.2. The molecule has 3 heteroatoms. The monoisotopic (exact) mass is 344 g/mol. The Kier molecular flexibility index (Phi) is 5.47. The van der Waals surface area contributed by atoms with Crippen molar-refractivity contribution in [1.29, 1.82) is 0 Å². The molecule has 0 saturated carbocycles. The minimum Gasteiger partial charge on any atom is -0.267 e. The summed E-state index contributed by atoms with van der Waals surface area (Å²) < 4.78 is 0. The van der Waals surface area contributed by atoms with Gasteiger partial charge >= 0.3 is 0 Å². The van der Waals surface area contributed by atoms with Gasteiger partial charge in [0.2, 0.25) is 0 Å². The number of carbonyl (C=O) groups is 1. The standard InChI is InChI=1S/C23H24N2O/c1-16(2)21-10-9-17(3)22(15-21)24-25-23(26)20-13-11-19(12-14-20)18-7-5-4-6-8-18/h4-9,11-14,21H,1,10,15H2,2-3H3,(H,25,26). The average molecular weight is 344 g/mol. The molecule has 0 bridgehead atoms. The summed E-state index contributed by atoms with van der Waals surface area (Å²) in [6.45, 7) is 8.12. The maximum atomic E-state index is 12.4. The first-order valence-corrected chi connectivity index (χ1v) is 8.89. The molecule has 0 aliphatic heterocycles. The number of allylic oxidation sites excluding steroid dienone is 3. The summed E-state index contributed by atoms with van der Waals surface area (Å²) in [5.74, 6) is 0.210. The van der Waals surface area contributed by atoms with Gasteiger partial charge in [0.05, 0.1) is 5.71 Å². The highest BCUT2D eigenvalue weighted by molar-refractivity contribution is 6.02. The number of nitrogens with one attached hydrogen (secondary N) is 1. The Morgan fingerprint density at radius 1 is 1.08 bits per heavy atom. The zero-order valence-electron chi connectivity index (χ0n) is 15.3. The Bertz CT molecular complexity index is 861. The van der Waals surface area contributed by atoms with Crippen molar-refractivity contribution >= 4 is 11.6 Å². The van der Waals surface area contributed by atoms with Crippen molar-refractivity contribution in [3.8, 4) is 11.1 Å². The van der Waals surface area contributed by atoms with Crippen molar-refractivity contribution in [2.24, 2.45) is 11.0 Å². The molecule has 0 saturated heterocycles. The fourth-order valence-corrected chi connectivity index (χ4v) is 3.05. The highest BCUT2D eigenvalue weighted by Gasteiger charge is 2.19. The van der Waals surface area contributed by atoms with Crippen LogP contribution in [0.1, 0.15) is 37.0 Å². The normalized spacial score (nSPS) is 18.3. The fourth-order valence-electron chi connectivity index (χ4n) is 3.05. The molecule has 26 heavy (non-hydrogen) atoms. The molecule has 132 valence electrons. The van der Waals surface area contributed by atoms with Crippen molar-refractivity contribution in [2.75, 3.05) is 0 Å². The second kappa shape index (κ2) is 7.96. The Labute approximate surface area is 155 Å². The number of carbonyl (C=O) groups excluding carboxylic acids is 1. The fraction of sp³-hybridized carbons (Fsp3) is 0.217. The zero-order valence-corrected chi connectivity index (χ0v) is 15.3. The van der Waals surface area contributed by atoms with Gasteiger partial charge in [0, 0.05) is 5.56 Å². The van der Waals surface area contributed by atoms with E-state index in [1.54, 1.807) is 0 Å². The second-order valence-electron chi connectivity index (χ2n) is 6.81. The summed E-state index contributed by atoms with van der Waals surface area (Å²) >= 11 is 0. The second-order valence-corrected chi connectivity index (χ2v) is 6.81. The zero-order chi connectivity index (χ0) is 18.5. The molecular weight excluding hydrogens is 320 g/mol. The van der Waals surface area contributed by atoms with Crippen LogP contribution in [0.25, 0.3) is 11.1 Å². The van der Waals surface area contributed by atoms with Gasteiger partial charge in [-0.3, -0.25) is 4.79 Å². The van der Waals surface area contributed by atoms with E-state index in [0.717, 1.165) is 40.8 Å². The highest BCUT2D eigenvalue weighted by Crippen LogP contribution is 2.26. The van der Waals surface area contributed by atoms with E-state index in [4.69, 9.17) is 0 Å². The van der Waals surface area contributed by atoms with E-state index in [1.807, 2.05) is 56.3 Å². The van der Waals surface area contributed by atoms with E-state index in [1.165, 1.54) is 0 Å². The predicted octanol–water partition coefficient (Wildman–Crippen LogP) is 5.37. The van der Waals surface area contributed by atoms with E-state index < -0.39 is 0 Å². The molecular formula is C23H24N2O. The molecule has 3 rings (SSSR count). The van der Waals surface area contributed by atoms with Gasteiger partial charge in [-0.2, -0.15) is 5.10 Å². The minimum absolute atomic E-state index is 0.192. The topological polar surface area (TPSA) is 41.5 Å². The third kappa shape index (κ3) is 4.17. The van der Waals surface area contributed by atoms with E-state index in [2.05, 4.69) is 35.3 Å². The van der Waals surface area contributed by atoms with E-state index in [-0.39, 0.29) is 5.91 Å². The average Bonchev–Trinajstić information content (AvgIpc) is 2.67. The molecule has 0 spiro atoms. The molecule has 1 aliphatic rings. The first kappa shape index (κ1) is 17.9. The summed E-state index contributed by atoms with van der Waals surface area (Å²) in [4.78, 5) is 12.4. The molecule has 0 heterocycles. The molecule has 0 fully saturated rings. The third-order valence-electron chi connectivity index (χ3n) is 4.85. The first-order valence-electron chi connectivity index (χ1n) is 8.89. The molecule has 2 aromatic rings. The van der Waals surface area contributed by atoms with Gasteiger partial charge in [0.15, 0.2) is 0 Å². The molecule has 2 aromatic carbocycles. The number of benzene rings is 2. The van der Waals surface area contributed by atoms with Crippen LogP contribution in [-0.2, 0) is 0 Å². The van der Waals surface area contributed by atoms with Crippen molar-refractivity contribution in [1.82, 2.24) is 5.43 Å². The Hall–Kier alpha value is -2.94. The Morgan fingerprint density at radius 2 is 1.73 bits per heavy atom. The van der Waals surface area contributed by atoms with Crippen molar-refractivity contribution in [3.63, 3.8) is 0 Å². The van der Waals surface area contributed by atoms with Gasteiger partial charge in [-0.15, -0.1) is 0 Å². The SMILES string of the molecule is C=C(C)C1CC=C(C)C(=NNC(=O)c2ccc(-c3ccccc3)cc2)C1. The Balaban J connectivity index is 1.69. The molecule has 0 radical (unpaired) electrons. The van der Waals surface area contributed by atoms with Crippen LogP contribution in [0, 0.1) is 5.92 Å². The van der Waals surface area contributed by atoms with Gasteiger partial charge in [0.25, 0.3) is 5.91 Å². The van der Waals surface area contributed by atoms with Crippen LogP contribution in [-0.4, -0.2) is 11.6 Å². The molecule has 1 amide bonds. The van der Waals surface area contributed by atoms with Crippen LogP contribution in [0.15, 0.2) is 83.5 Å². The smallest absolute Gasteiger partial charge is 0.267 e. The lowest BCUT2D eigenvalue weighted by Crippen LogP contribution is -2.23. The van der Waals surface area contributed by atoms with E-state index in [0.29, 0.717) is 11.5 Å². The molecule has 3 nitrogen and oxygen atoms in total. The Morgan fingerprint density at radius 3 is 2.38 bits per heavy atom. The lowest BCUT2D eigenvalue weighted by Gasteiger charge is -2.22. The number of hydrazone groups is 1. The molecule has 1 unspecified atom stereocenters. The van der Waals surface area contributed by atoms with Gasteiger partial charge in [-0.05, 0) is 61.4 Å². The van der Waals surface area contributed by atoms with Crippen LogP contribution in [0.3, 0.4) is 0 Å². The number of hydrogen-bond donors (Lipinski definition) is 1. The molecule has 1 aliphatic carbocycles. The van der Waals surface area contributed by atoms with Crippen molar-refractivity contribution in [2.45, 2.75) is 26.7 Å². The molecule has 0 aromatic heterocycles. The van der Waals surface area contributed by atoms with Crippen molar-refractivity contribution < 1.29 is 4.79 Å². The van der Waals surface area contributed by atoms with E-state index >= 15 is 0 Å². The maximum absolute atomic E-state index is 12.4. The summed E-state index contributed by atoms with van der Waals surface area (Å²) in [5, 5.41) is 4.36. The number of rotatable bonds is 4. The maximum Gasteiger partial charge on any atom is 0.271 e. The minimum atomic E-state index is -0.192. The van der Waals surface area contributed by atoms with Crippen LogP contribution in [0.4, 0.5) is 0 Å². The summed E-state index contributed by atoms with van der Waals surface area (Å²) in [5.41, 5.74) is 8.73. The summed E-state index contributed by atoms with van der Waals surface area (Å²) in [6, 6.07) is 17.7. The number of hydrogen-bond acceptors (Lipinski definition) is 2. The van der Waals surface area contributed by atoms with Gasteiger partial charge < -0.3 is 0 Å². The van der Waals surface area contributed by atoms with Crippen LogP contribution < -0.4 is 5.43 Å². The molecule has 1 N–H and O–H groups in total. The first-order chi connectivity index (χ1) is 12.5. The largest absolute Gasteiger partial charge is 0.271 e. The summed E-state index contributed by atoms with van der Waals surface area (Å²) in [7, 11) is 0. The van der Waals surface area contributed by atoms with Gasteiger partial charge in [0.1, 0.15) is 0 Å². The molecule has 1 atom stereocenters. The quantitative estimate of drug-likeness (QED) is 0.588. The van der Waals surface area contributed by atoms with Gasteiger partial charge in [-0.1, -0.05) is 60.7 Å². The van der Waals surface area contributed by atoms with Crippen LogP contribution in [0.5, 0.6) is 0 Å². The lowest BCUT2D eigenvalue weighted by atomic mass is 9.85. The summed E-state index contributed by atoms with van der Waals surface area (Å²) in [6.07, 6.45) is 3.99. The number of nitrogens with zero attached hydrogens (tertiary/aromatic N) is 1. The van der Waals surface area contributed by atoms with Gasteiger partial charge in [-0.25, -0.2) is 5.43 Å². The van der Waals surface area contributed by atoms with Crippen LogP contribution in [0.2, 0.25) is 0 Å². The van der Waals surface area contributed by atoms with E-state index in [9.17, 15) is 4.79 Å². The number of amides is 1. The third-order valence-corrected chi connectivity index (χ3v) is 4.85. The lowest BCUT2D eigenvalue weighted by molar-refractivity contribution is 0.0954. The van der Waals surface area contributed by atoms with Crippen LogP contribution >= 0.6 is 0 Å². The predicted molar refractivity (Wildman–Crippen MR) is 108 cm³/mol. The van der Waals surface area contributed by atoms with Crippen molar-refractivity contribution in [3.05, 3.63) is 84.0 Å².